The van der Waals surface area contributed by atoms with Crippen LogP contribution in [0.3, 0.4) is 0 Å². The Labute approximate surface area is 92.9 Å². The van der Waals surface area contributed by atoms with Gasteiger partial charge in [-0.05, 0) is 12.8 Å². The lowest BCUT2D eigenvalue weighted by Crippen LogP contribution is -2.47. The summed E-state index contributed by atoms with van der Waals surface area (Å²) in [5, 5.41) is 2.26. The molecule has 7 heteroatoms. The van der Waals surface area contributed by atoms with Crippen LogP contribution < -0.4 is 11.1 Å². The predicted molar refractivity (Wildman–Crippen MR) is 54.3 cm³/mol. The quantitative estimate of drug-likeness (QED) is 0.635. The first-order chi connectivity index (χ1) is 7.56. The van der Waals surface area contributed by atoms with Gasteiger partial charge in [-0.25, -0.2) is 4.79 Å². The summed E-state index contributed by atoms with van der Waals surface area (Å²) in [6.45, 7) is 0.311. The zero-order valence-electron chi connectivity index (χ0n) is 9.06. The number of amides is 3. The standard InChI is InChI=1S/C9H15N3O4/c1-16-9(15)11-5-7(13)12-4-2-3-6(12)8(10)14/h6H,2-5H2,1H3,(H2,10,14)(H,11,15). The summed E-state index contributed by atoms with van der Waals surface area (Å²) < 4.78 is 4.33. The number of nitrogens with one attached hydrogen (secondary N) is 1. The normalized spacial score (nSPS) is 19.3. The average Bonchev–Trinajstić information content (AvgIpc) is 2.74. The number of rotatable bonds is 3. The van der Waals surface area contributed by atoms with E-state index in [0.717, 1.165) is 6.42 Å². The molecule has 1 atom stereocenters. The van der Waals surface area contributed by atoms with E-state index < -0.39 is 18.0 Å². The van der Waals surface area contributed by atoms with Crippen LogP contribution in [0.4, 0.5) is 4.79 Å². The van der Waals surface area contributed by atoms with E-state index in [2.05, 4.69) is 10.1 Å². The Bertz CT molecular complexity index is 305. The van der Waals surface area contributed by atoms with Crippen molar-refractivity contribution < 1.29 is 19.1 Å². The number of alkyl carbamates (subject to hydrolysis) is 1. The predicted octanol–water partition coefficient (Wildman–Crippen LogP) is -1.18. The Hall–Kier alpha value is -1.79. The Morgan fingerprint density at radius 2 is 2.19 bits per heavy atom. The number of nitrogens with two attached hydrogens (primary N) is 1. The van der Waals surface area contributed by atoms with Crippen molar-refractivity contribution in [2.24, 2.45) is 5.73 Å². The van der Waals surface area contributed by atoms with Gasteiger partial charge >= 0.3 is 6.09 Å². The van der Waals surface area contributed by atoms with E-state index in [4.69, 9.17) is 5.73 Å². The first kappa shape index (κ1) is 12.3. The number of hydrogen-bond donors (Lipinski definition) is 2. The van der Waals surface area contributed by atoms with E-state index in [-0.39, 0.29) is 12.5 Å². The van der Waals surface area contributed by atoms with Crippen molar-refractivity contribution in [3.63, 3.8) is 0 Å². The minimum Gasteiger partial charge on any atom is -0.453 e. The van der Waals surface area contributed by atoms with Crippen LogP contribution in [0, 0.1) is 0 Å². The van der Waals surface area contributed by atoms with Gasteiger partial charge in [0.1, 0.15) is 12.6 Å². The van der Waals surface area contributed by atoms with Crippen molar-refractivity contribution in [3.8, 4) is 0 Å². The van der Waals surface area contributed by atoms with Crippen LogP contribution in [0.5, 0.6) is 0 Å². The number of likely N-dealkylation sites (tertiary alicyclic amines) is 1. The second-order valence-corrected chi connectivity index (χ2v) is 3.49. The van der Waals surface area contributed by atoms with Crippen molar-refractivity contribution in [1.29, 1.82) is 0 Å². The molecule has 7 nitrogen and oxygen atoms in total. The number of methoxy groups -OCH3 is 1. The summed E-state index contributed by atoms with van der Waals surface area (Å²) in [6, 6.07) is -0.549. The summed E-state index contributed by atoms with van der Waals surface area (Å²) in [5.74, 6) is -0.837. The van der Waals surface area contributed by atoms with E-state index in [0.29, 0.717) is 13.0 Å². The first-order valence-corrected chi connectivity index (χ1v) is 4.97. The van der Waals surface area contributed by atoms with Gasteiger partial charge in [-0.2, -0.15) is 0 Å². The molecule has 0 aromatic carbocycles. The zero-order valence-corrected chi connectivity index (χ0v) is 9.06. The zero-order chi connectivity index (χ0) is 12.1. The summed E-state index contributed by atoms with van der Waals surface area (Å²) in [6.07, 6.45) is 0.653. The van der Waals surface area contributed by atoms with E-state index >= 15 is 0 Å². The number of primary amides is 1. The fourth-order valence-corrected chi connectivity index (χ4v) is 1.68. The maximum Gasteiger partial charge on any atom is 0.407 e. The third-order valence-corrected chi connectivity index (χ3v) is 2.47. The highest BCUT2D eigenvalue weighted by Crippen LogP contribution is 2.16. The third kappa shape index (κ3) is 2.85. The second-order valence-electron chi connectivity index (χ2n) is 3.49. The largest absolute Gasteiger partial charge is 0.453 e. The maximum atomic E-state index is 11.6. The molecule has 1 saturated heterocycles. The fraction of sp³-hybridized carbons (Fsp3) is 0.667. The molecule has 0 aromatic rings. The summed E-state index contributed by atoms with van der Waals surface area (Å²) >= 11 is 0. The van der Waals surface area contributed by atoms with Crippen molar-refractivity contribution >= 4 is 17.9 Å². The monoisotopic (exact) mass is 229 g/mol. The molecule has 1 aliphatic rings. The van der Waals surface area contributed by atoms with Gasteiger partial charge in [0.15, 0.2) is 0 Å². The molecule has 1 unspecified atom stereocenters. The molecule has 1 heterocycles. The van der Waals surface area contributed by atoms with Crippen molar-refractivity contribution in [3.05, 3.63) is 0 Å². The molecular formula is C9H15N3O4. The molecule has 0 aliphatic carbocycles. The SMILES string of the molecule is COC(=O)NCC(=O)N1CCCC1C(N)=O. The van der Waals surface area contributed by atoms with Gasteiger partial charge in [0, 0.05) is 6.54 Å². The van der Waals surface area contributed by atoms with Gasteiger partial charge in [-0.1, -0.05) is 0 Å². The summed E-state index contributed by atoms with van der Waals surface area (Å²) in [5.41, 5.74) is 5.16. The first-order valence-electron chi connectivity index (χ1n) is 4.97. The fourth-order valence-electron chi connectivity index (χ4n) is 1.68. The molecule has 1 rings (SSSR count). The molecule has 16 heavy (non-hydrogen) atoms. The molecule has 0 aromatic heterocycles. The molecule has 1 aliphatic heterocycles. The Morgan fingerprint density at radius 3 is 2.75 bits per heavy atom. The minimum atomic E-state index is -0.678. The molecule has 1 fully saturated rings. The number of nitrogens with zero attached hydrogens (tertiary/aromatic N) is 1. The van der Waals surface area contributed by atoms with Crippen molar-refractivity contribution in [1.82, 2.24) is 10.2 Å². The number of ether oxygens (including phenoxy) is 1. The van der Waals surface area contributed by atoms with Crippen LogP contribution in [-0.4, -0.2) is 49.0 Å². The molecule has 90 valence electrons. The van der Waals surface area contributed by atoms with Gasteiger partial charge in [-0.15, -0.1) is 0 Å². The highest BCUT2D eigenvalue weighted by atomic mass is 16.5. The lowest BCUT2D eigenvalue weighted by atomic mass is 10.2. The van der Waals surface area contributed by atoms with Crippen molar-refractivity contribution in [2.45, 2.75) is 18.9 Å². The van der Waals surface area contributed by atoms with Gasteiger partial charge < -0.3 is 20.7 Å². The Balaban J connectivity index is 2.47. The van der Waals surface area contributed by atoms with Crippen molar-refractivity contribution in [2.75, 3.05) is 20.2 Å². The lowest BCUT2D eigenvalue weighted by Gasteiger charge is -2.22. The van der Waals surface area contributed by atoms with E-state index in [1.165, 1.54) is 12.0 Å². The molecule has 3 amide bonds. The molecule has 3 N–H and O–H groups in total. The highest BCUT2D eigenvalue weighted by molar-refractivity contribution is 5.89. The molecule has 0 saturated carbocycles. The van der Waals surface area contributed by atoms with E-state index in [1.54, 1.807) is 0 Å². The number of hydrogen-bond acceptors (Lipinski definition) is 4. The maximum absolute atomic E-state index is 11.6. The topological polar surface area (TPSA) is 102 Å². The molecule has 0 spiro atoms. The molecule has 0 bridgehead atoms. The van der Waals surface area contributed by atoms with Crippen LogP contribution in [0.2, 0.25) is 0 Å². The van der Waals surface area contributed by atoms with Crippen LogP contribution in [0.1, 0.15) is 12.8 Å². The summed E-state index contributed by atoms with van der Waals surface area (Å²) in [7, 11) is 1.21. The van der Waals surface area contributed by atoms with Crippen LogP contribution in [0.25, 0.3) is 0 Å². The van der Waals surface area contributed by atoms with Crippen LogP contribution >= 0.6 is 0 Å². The molecular weight excluding hydrogens is 214 g/mol. The molecule has 0 radical (unpaired) electrons. The van der Waals surface area contributed by atoms with Crippen LogP contribution in [-0.2, 0) is 14.3 Å². The minimum absolute atomic E-state index is 0.184. The second kappa shape index (κ2) is 5.34. The van der Waals surface area contributed by atoms with E-state index in [1.807, 2.05) is 0 Å². The van der Waals surface area contributed by atoms with Crippen LogP contribution in [0.15, 0.2) is 0 Å². The van der Waals surface area contributed by atoms with Gasteiger partial charge in [0.25, 0.3) is 0 Å². The third-order valence-electron chi connectivity index (χ3n) is 2.47. The summed E-state index contributed by atoms with van der Waals surface area (Å²) in [4.78, 5) is 34.8. The Morgan fingerprint density at radius 1 is 1.50 bits per heavy atom. The smallest absolute Gasteiger partial charge is 0.407 e. The Kier molecular flexibility index (Phi) is 4.10. The van der Waals surface area contributed by atoms with Gasteiger partial charge in [0.2, 0.25) is 11.8 Å². The number of carbonyl (C=O) groups is 3. The van der Waals surface area contributed by atoms with Gasteiger partial charge in [0.05, 0.1) is 7.11 Å². The lowest BCUT2D eigenvalue weighted by molar-refractivity contribution is -0.136. The van der Waals surface area contributed by atoms with Gasteiger partial charge in [-0.3, -0.25) is 9.59 Å². The number of carbonyl (C=O) groups excluding carboxylic acids is 3. The van der Waals surface area contributed by atoms with E-state index in [9.17, 15) is 14.4 Å². The highest BCUT2D eigenvalue weighted by Gasteiger charge is 2.32. The average molecular weight is 229 g/mol.